The molecule has 1 aromatic rings. The summed E-state index contributed by atoms with van der Waals surface area (Å²) in [6.07, 6.45) is 5.15. The molecule has 19 heavy (non-hydrogen) atoms. The van der Waals surface area contributed by atoms with Crippen LogP contribution in [0.3, 0.4) is 0 Å². The Morgan fingerprint density at radius 1 is 1.11 bits per heavy atom. The maximum Gasteiger partial charge on any atom is 0.0450 e. The third-order valence-corrected chi connectivity index (χ3v) is 4.74. The molecule has 0 aliphatic carbocycles. The lowest BCUT2D eigenvalue weighted by atomic mass is 9.84. The SMILES string of the molecule is C=C1N(CCCCCCBr)c2ccccc2C1(C)C. The number of allylic oxidation sites excluding steroid dienone is 1. The van der Waals surface area contributed by atoms with Crippen molar-refractivity contribution in [2.75, 3.05) is 16.8 Å². The fourth-order valence-electron chi connectivity index (χ4n) is 2.85. The molecule has 0 saturated carbocycles. The Morgan fingerprint density at radius 2 is 1.79 bits per heavy atom. The molecule has 2 heteroatoms. The van der Waals surface area contributed by atoms with E-state index >= 15 is 0 Å². The van der Waals surface area contributed by atoms with E-state index < -0.39 is 0 Å². The van der Waals surface area contributed by atoms with Gasteiger partial charge in [-0.05, 0) is 24.5 Å². The van der Waals surface area contributed by atoms with E-state index in [1.165, 1.54) is 42.6 Å². The van der Waals surface area contributed by atoms with Crippen molar-refractivity contribution in [3.63, 3.8) is 0 Å². The zero-order chi connectivity index (χ0) is 13.9. The Labute approximate surface area is 125 Å². The molecule has 0 atom stereocenters. The van der Waals surface area contributed by atoms with Crippen molar-refractivity contribution in [3.8, 4) is 0 Å². The van der Waals surface area contributed by atoms with Gasteiger partial charge in [0.25, 0.3) is 0 Å². The smallest absolute Gasteiger partial charge is 0.0450 e. The lowest BCUT2D eigenvalue weighted by Crippen LogP contribution is -2.26. The highest BCUT2D eigenvalue weighted by atomic mass is 79.9. The van der Waals surface area contributed by atoms with Crippen LogP contribution in [0.5, 0.6) is 0 Å². The summed E-state index contributed by atoms with van der Waals surface area (Å²) in [5.74, 6) is 0. The van der Waals surface area contributed by atoms with Crippen molar-refractivity contribution in [2.24, 2.45) is 0 Å². The number of hydrogen-bond donors (Lipinski definition) is 0. The molecule has 1 aliphatic heterocycles. The first kappa shape index (κ1) is 14.6. The van der Waals surface area contributed by atoms with E-state index in [0.717, 1.165) is 11.9 Å². The number of nitrogens with zero attached hydrogens (tertiary/aromatic N) is 1. The first-order valence-corrected chi connectivity index (χ1v) is 8.33. The summed E-state index contributed by atoms with van der Waals surface area (Å²) in [5.41, 5.74) is 4.10. The van der Waals surface area contributed by atoms with Gasteiger partial charge in [0.1, 0.15) is 0 Å². The normalized spacial score (nSPS) is 16.8. The second-order valence-electron chi connectivity index (χ2n) is 5.84. The van der Waals surface area contributed by atoms with Gasteiger partial charge in [-0.1, -0.05) is 67.4 Å². The highest BCUT2D eigenvalue weighted by molar-refractivity contribution is 9.09. The van der Waals surface area contributed by atoms with E-state index in [1.807, 2.05) is 0 Å². The monoisotopic (exact) mass is 321 g/mol. The Bertz CT molecular complexity index is 450. The molecule has 0 aromatic heterocycles. The number of para-hydroxylation sites is 1. The van der Waals surface area contributed by atoms with Gasteiger partial charge in [0.2, 0.25) is 0 Å². The molecular weight excluding hydrogens is 298 g/mol. The molecule has 2 rings (SSSR count). The van der Waals surface area contributed by atoms with Crippen molar-refractivity contribution >= 4 is 21.6 Å². The first-order chi connectivity index (χ1) is 9.09. The first-order valence-electron chi connectivity index (χ1n) is 7.21. The molecular formula is C17H24BrN. The predicted octanol–water partition coefficient (Wildman–Crippen LogP) is 5.25. The van der Waals surface area contributed by atoms with Crippen LogP contribution in [0, 0.1) is 0 Å². The van der Waals surface area contributed by atoms with Gasteiger partial charge in [-0.15, -0.1) is 0 Å². The lowest BCUT2D eigenvalue weighted by molar-refractivity contribution is 0.615. The summed E-state index contributed by atoms with van der Waals surface area (Å²) in [7, 11) is 0. The topological polar surface area (TPSA) is 3.24 Å². The van der Waals surface area contributed by atoms with Crippen LogP contribution >= 0.6 is 15.9 Å². The standard InChI is InChI=1S/C17H24BrN/c1-14-17(2,3)15-10-6-7-11-16(15)19(14)13-9-5-4-8-12-18/h6-7,10-11H,1,4-5,8-9,12-13H2,2-3H3. The molecule has 104 valence electrons. The van der Waals surface area contributed by atoms with Gasteiger partial charge in [0.05, 0.1) is 0 Å². The molecule has 0 N–H and O–H groups in total. The Hall–Kier alpha value is -0.760. The Kier molecular flexibility index (Phi) is 4.72. The molecule has 1 heterocycles. The summed E-state index contributed by atoms with van der Waals surface area (Å²) in [6.45, 7) is 9.99. The summed E-state index contributed by atoms with van der Waals surface area (Å²) in [4.78, 5) is 2.42. The van der Waals surface area contributed by atoms with Crippen LogP contribution in [0.1, 0.15) is 45.1 Å². The number of fused-ring (bicyclic) bond motifs is 1. The minimum absolute atomic E-state index is 0.0758. The molecule has 0 unspecified atom stereocenters. The molecule has 1 aliphatic rings. The van der Waals surface area contributed by atoms with Gasteiger partial charge < -0.3 is 4.90 Å². The quantitative estimate of drug-likeness (QED) is 0.510. The third kappa shape index (κ3) is 2.89. The average Bonchev–Trinajstić information content (AvgIpc) is 2.60. The molecule has 0 radical (unpaired) electrons. The van der Waals surface area contributed by atoms with Crippen LogP contribution < -0.4 is 4.90 Å². The number of hydrogen-bond acceptors (Lipinski definition) is 1. The molecule has 0 spiro atoms. The summed E-state index contributed by atoms with van der Waals surface area (Å²) < 4.78 is 0. The Morgan fingerprint density at radius 3 is 2.53 bits per heavy atom. The van der Waals surface area contributed by atoms with Crippen molar-refractivity contribution in [1.82, 2.24) is 0 Å². The number of rotatable bonds is 6. The molecule has 0 fully saturated rings. The number of alkyl halides is 1. The third-order valence-electron chi connectivity index (χ3n) is 4.18. The predicted molar refractivity (Wildman–Crippen MR) is 88.2 cm³/mol. The van der Waals surface area contributed by atoms with E-state index in [0.29, 0.717) is 0 Å². The van der Waals surface area contributed by atoms with Gasteiger partial charge in [-0.25, -0.2) is 0 Å². The second kappa shape index (κ2) is 6.13. The summed E-state index contributed by atoms with van der Waals surface area (Å²) >= 11 is 3.49. The number of anilines is 1. The highest BCUT2D eigenvalue weighted by Gasteiger charge is 2.37. The average molecular weight is 322 g/mol. The van der Waals surface area contributed by atoms with Crippen molar-refractivity contribution < 1.29 is 0 Å². The van der Waals surface area contributed by atoms with E-state index in [4.69, 9.17) is 0 Å². The minimum atomic E-state index is 0.0758. The minimum Gasteiger partial charge on any atom is -0.345 e. The van der Waals surface area contributed by atoms with Crippen LogP contribution in [0.4, 0.5) is 5.69 Å². The number of benzene rings is 1. The van der Waals surface area contributed by atoms with Gasteiger partial charge >= 0.3 is 0 Å². The zero-order valence-corrected chi connectivity index (χ0v) is 13.7. The van der Waals surface area contributed by atoms with Crippen molar-refractivity contribution in [2.45, 2.75) is 44.9 Å². The van der Waals surface area contributed by atoms with E-state index in [9.17, 15) is 0 Å². The van der Waals surface area contributed by atoms with Crippen LogP contribution in [0.2, 0.25) is 0 Å². The molecule has 0 saturated heterocycles. The van der Waals surface area contributed by atoms with Gasteiger partial charge in [0.15, 0.2) is 0 Å². The van der Waals surface area contributed by atoms with Gasteiger partial charge in [-0.3, -0.25) is 0 Å². The van der Waals surface area contributed by atoms with E-state index in [2.05, 4.69) is 65.5 Å². The maximum absolute atomic E-state index is 4.34. The van der Waals surface area contributed by atoms with Crippen LogP contribution in [0.25, 0.3) is 0 Å². The largest absolute Gasteiger partial charge is 0.345 e. The lowest BCUT2D eigenvalue weighted by Gasteiger charge is -2.25. The zero-order valence-electron chi connectivity index (χ0n) is 12.1. The fraction of sp³-hybridized carbons (Fsp3) is 0.529. The van der Waals surface area contributed by atoms with E-state index in [-0.39, 0.29) is 5.41 Å². The summed E-state index contributed by atoms with van der Waals surface area (Å²) in [6, 6.07) is 8.73. The Balaban J connectivity index is 2.04. The summed E-state index contributed by atoms with van der Waals surface area (Å²) in [5, 5.41) is 1.12. The van der Waals surface area contributed by atoms with Crippen molar-refractivity contribution in [3.05, 3.63) is 42.1 Å². The van der Waals surface area contributed by atoms with Crippen LogP contribution in [-0.4, -0.2) is 11.9 Å². The van der Waals surface area contributed by atoms with Crippen molar-refractivity contribution in [1.29, 1.82) is 0 Å². The number of unbranched alkanes of at least 4 members (excludes halogenated alkanes) is 3. The highest BCUT2D eigenvalue weighted by Crippen LogP contribution is 2.46. The van der Waals surface area contributed by atoms with Crippen LogP contribution in [-0.2, 0) is 5.41 Å². The van der Waals surface area contributed by atoms with Gasteiger partial charge in [0, 0.05) is 28.7 Å². The molecule has 1 aromatic carbocycles. The molecule has 0 amide bonds. The maximum atomic E-state index is 4.34. The molecule has 0 bridgehead atoms. The number of halogens is 1. The van der Waals surface area contributed by atoms with E-state index in [1.54, 1.807) is 0 Å². The van der Waals surface area contributed by atoms with Crippen LogP contribution in [0.15, 0.2) is 36.5 Å². The van der Waals surface area contributed by atoms with Gasteiger partial charge in [-0.2, -0.15) is 0 Å². The second-order valence-corrected chi connectivity index (χ2v) is 6.64. The molecule has 1 nitrogen and oxygen atoms in total. The fourth-order valence-corrected chi connectivity index (χ4v) is 3.25.